The van der Waals surface area contributed by atoms with Gasteiger partial charge in [0.25, 0.3) is 0 Å². The van der Waals surface area contributed by atoms with Gasteiger partial charge in [0.05, 0.1) is 32.5 Å². The molecule has 4 aliphatic carbocycles. The van der Waals surface area contributed by atoms with E-state index in [2.05, 4.69) is 9.47 Å². The van der Waals surface area contributed by atoms with E-state index in [-0.39, 0.29) is 18.3 Å². The first kappa shape index (κ1) is 19.4. The van der Waals surface area contributed by atoms with Crippen molar-refractivity contribution in [2.75, 3.05) is 14.2 Å². The van der Waals surface area contributed by atoms with Crippen molar-refractivity contribution in [1.29, 1.82) is 0 Å². The number of ether oxygens (including phenoxy) is 2. The molecule has 26 heavy (non-hydrogen) atoms. The molecule has 0 amide bonds. The summed E-state index contributed by atoms with van der Waals surface area (Å²) < 4.78 is 36.2. The standard InChI is InChI=1S/C9H13FO3.C8H11FO4/c1-4-3-5(11)7-6(4)9(7,10)8(12)13-2;1-13-7(12)8(9)5-3(10)2-4(11)6(5)8/h4-7,11H,3H2,1-2H3;3-6,10-11H,2H2,1H3/t4-,5+,6+,7-,9+;3-,4+,5+,6-,8?/m0./s1. The van der Waals surface area contributed by atoms with E-state index < -0.39 is 59.3 Å². The van der Waals surface area contributed by atoms with Crippen LogP contribution in [0.15, 0.2) is 0 Å². The molecule has 3 N–H and O–H groups in total. The Morgan fingerprint density at radius 1 is 0.808 bits per heavy atom. The number of esters is 2. The van der Waals surface area contributed by atoms with Crippen LogP contribution in [-0.4, -0.2) is 71.1 Å². The quantitative estimate of drug-likeness (QED) is 0.568. The molecule has 4 saturated carbocycles. The number of rotatable bonds is 2. The molecular formula is C17H24F2O7. The first-order chi connectivity index (χ1) is 12.1. The first-order valence-electron chi connectivity index (χ1n) is 8.65. The van der Waals surface area contributed by atoms with Gasteiger partial charge >= 0.3 is 11.9 Å². The molecule has 0 aliphatic heterocycles. The van der Waals surface area contributed by atoms with Crippen molar-refractivity contribution in [2.24, 2.45) is 29.6 Å². The summed E-state index contributed by atoms with van der Waals surface area (Å²) >= 11 is 0. The van der Waals surface area contributed by atoms with Gasteiger partial charge in [-0.05, 0) is 12.3 Å². The highest BCUT2D eigenvalue weighted by atomic mass is 19.2. The minimum atomic E-state index is -2.15. The monoisotopic (exact) mass is 378 g/mol. The molecule has 4 aliphatic rings. The largest absolute Gasteiger partial charge is 0.467 e. The average Bonchev–Trinajstić information content (AvgIpc) is 3.33. The second-order valence-electron chi connectivity index (χ2n) is 7.77. The van der Waals surface area contributed by atoms with Crippen LogP contribution in [0.3, 0.4) is 0 Å². The van der Waals surface area contributed by atoms with E-state index in [1.165, 1.54) is 7.11 Å². The Balaban J connectivity index is 0.000000151. The zero-order chi connectivity index (χ0) is 19.6. The second-order valence-corrected chi connectivity index (χ2v) is 7.77. The smallest absolute Gasteiger partial charge is 0.344 e. The number of aliphatic hydroxyl groups is 3. The van der Waals surface area contributed by atoms with E-state index >= 15 is 0 Å². The number of alkyl halides is 2. The Kier molecular flexibility index (Phi) is 4.56. The van der Waals surface area contributed by atoms with Crippen molar-refractivity contribution in [1.82, 2.24) is 0 Å². The molecule has 4 fully saturated rings. The van der Waals surface area contributed by atoms with Crippen LogP contribution in [0, 0.1) is 29.6 Å². The molecule has 0 heterocycles. The highest BCUT2D eigenvalue weighted by molar-refractivity contribution is 5.85. The summed E-state index contributed by atoms with van der Waals surface area (Å²) in [5, 5.41) is 28.0. The number of hydrogen-bond acceptors (Lipinski definition) is 7. The summed E-state index contributed by atoms with van der Waals surface area (Å²) in [5.74, 6) is -4.12. The number of halogens is 2. The summed E-state index contributed by atoms with van der Waals surface area (Å²) in [7, 11) is 2.27. The van der Waals surface area contributed by atoms with Gasteiger partial charge in [-0.3, -0.25) is 0 Å². The summed E-state index contributed by atoms with van der Waals surface area (Å²) in [6.07, 6.45) is -1.78. The lowest BCUT2D eigenvalue weighted by molar-refractivity contribution is -0.152. The maximum atomic E-state index is 13.9. The van der Waals surface area contributed by atoms with Crippen LogP contribution in [0.5, 0.6) is 0 Å². The first-order valence-corrected chi connectivity index (χ1v) is 8.65. The molecule has 0 aromatic rings. The molecule has 0 spiro atoms. The molecular weight excluding hydrogens is 354 g/mol. The van der Waals surface area contributed by atoms with Gasteiger partial charge in [-0.15, -0.1) is 0 Å². The minimum Gasteiger partial charge on any atom is -0.467 e. The van der Waals surface area contributed by atoms with Gasteiger partial charge in [0, 0.05) is 30.1 Å². The van der Waals surface area contributed by atoms with Gasteiger partial charge in [0.15, 0.2) is 0 Å². The van der Waals surface area contributed by atoms with Crippen molar-refractivity contribution in [2.45, 2.75) is 49.4 Å². The third kappa shape index (κ3) is 2.40. The topological polar surface area (TPSA) is 113 Å². The van der Waals surface area contributed by atoms with Crippen LogP contribution in [0.1, 0.15) is 19.8 Å². The number of aliphatic hydroxyl groups excluding tert-OH is 3. The summed E-state index contributed by atoms with van der Waals surface area (Å²) in [5.41, 5.74) is -4.04. The Hall–Kier alpha value is -1.32. The lowest BCUT2D eigenvalue weighted by atomic mass is 9.99. The normalized spacial score (nSPS) is 52.9. The molecule has 0 aromatic carbocycles. The molecule has 0 saturated heterocycles. The van der Waals surface area contributed by atoms with Crippen molar-refractivity contribution in [3.05, 3.63) is 0 Å². The number of hydrogen-bond donors (Lipinski definition) is 3. The molecule has 148 valence electrons. The van der Waals surface area contributed by atoms with Crippen molar-refractivity contribution < 1.29 is 43.2 Å². The second kappa shape index (κ2) is 6.10. The van der Waals surface area contributed by atoms with E-state index in [1.54, 1.807) is 0 Å². The molecule has 7 nitrogen and oxygen atoms in total. The lowest BCUT2D eigenvalue weighted by Crippen LogP contribution is -2.32. The Labute approximate surface area is 149 Å². The number of methoxy groups -OCH3 is 2. The fourth-order valence-electron chi connectivity index (χ4n) is 5.22. The number of carbonyl (C=O) groups excluding carboxylic acids is 2. The van der Waals surface area contributed by atoms with E-state index in [4.69, 9.17) is 0 Å². The maximum absolute atomic E-state index is 13.9. The van der Waals surface area contributed by atoms with E-state index in [9.17, 15) is 33.7 Å². The summed E-state index contributed by atoms with van der Waals surface area (Å²) in [6, 6.07) is 0. The molecule has 0 aromatic heterocycles. The van der Waals surface area contributed by atoms with E-state index in [1.807, 2.05) is 6.92 Å². The molecule has 10 atom stereocenters. The van der Waals surface area contributed by atoms with E-state index in [0.717, 1.165) is 7.11 Å². The van der Waals surface area contributed by atoms with Gasteiger partial charge in [0.1, 0.15) is 0 Å². The third-order valence-corrected chi connectivity index (χ3v) is 6.45. The predicted octanol–water partition coefficient (Wildman–Crippen LogP) is -0.246. The Bertz CT molecular complexity index is 532. The molecule has 0 radical (unpaired) electrons. The number of carbonyl (C=O) groups is 2. The number of fused-ring (bicyclic) bond motifs is 2. The van der Waals surface area contributed by atoms with Crippen LogP contribution in [0.4, 0.5) is 8.78 Å². The van der Waals surface area contributed by atoms with Gasteiger partial charge in [-0.2, -0.15) is 0 Å². The molecule has 4 rings (SSSR count). The Morgan fingerprint density at radius 2 is 1.15 bits per heavy atom. The Morgan fingerprint density at radius 3 is 1.50 bits per heavy atom. The van der Waals surface area contributed by atoms with Crippen molar-refractivity contribution in [3.63, 3.8) is 0 Å². The van der Waals surface area contributed by atoms with E-state index in [0.29, 0.717) is 6.42 Å². The fourth-order valence-corrected chi connectivity index (χ4v) is 5.22. The highest BCUT2D eigenvalue weighted by Crippen LogP contribution is 2.66. The van der Waals surface area contributed by atoms with Crippen molar-refractivity contribution in [3.8, 4) is 0 Å². The van der Waals surface area contributed by atoms with Crippen LogP contribution >= 0.6 is 0 Å². The SMILES string of the molecule is COC(=O)C1(F)[C@@H]2[C@H]1[C@@H](O)C[C@H]2O.COC(=O)[C@]1(F)[C@@H]2[C@H]1[C@@H](C)C[C@H]2O. The van der Waals surface area contributed by atoms with Gasteiger partial charge < -0.3 is 24.8 Å². The molecule has 1 unspecified atom stereocenters. The van der Waals surface area contributed by atoms with Gasteiger partial charge in [0.2, 0.25) is 11.3 Å². The predicted molar refractivity (Wildman–Crippen MR) is 82.1 cm³/mol. The lowest BCUT2D eigenvalue weighted by Gasteiger charge is -2.15. The zero-order valence-electron chi connectivity index (χ0n) is 14.8. The minimum absolute atomic E-state index is 0.0732. The van der Waals surface area contributed by atoms with Crippen LogP contribution < -0.4 is 0 Å². The zero-order valence-corrected chi connectivity index (χ0v) is 14.8. The fraction of sp³-hybridized carbons (Fsp3) is 0.882. The maximum Gasteiger partial charge on any atom is 0.344 e. The van der Waals surface area contributed by atoms with Crippen molar-refractivity contribution >= 4 is 11.9 Å². The molecule has 0 bridgehead atoms. The van der Waals surface area contributed by atoms with Gasteiger partial charge in [-0.25, -0.2) is 18.4 Å². The van der Waals surface area contributed by atoms with Crippen LogP contribution in [-0.2, 0) is 19.1 Å². The van der Waals surface area contributed by atoms with Crippen LogP contribution in [0.25, 0.3) is 0 Å². The summed E-state index contributed by atoms with van der Waals surface area (Å²) in [6.45, 7) is 1.86. The average molecular weight is 378 g/mol. The van der Waals surface area contributed by atoms with Gasteiger partial charge in [-0.1, -0.05) is 6.92 Å². The summed E-state index contributed by atoms with van der Waals surface area (Å²) in [4.78, 5) is 22.1. The third-order valence-electron chi connectivity index (χ3n) is 6.45. The highest BCUT2D eigenvalue weighted by Gasteiger charge is 2.80. The molecule has 9 heteroatoms. The van der Waals surface area contributed by atoms with Crippen LogP contribution in [0.2, 0.25) is 0 Å².